The topological polar surface area (TPSA) is 34.2 Å². The van der Waals surface area contributed by atoms with Crippen LogP contribution in [-0.4, -0.2) is 24.2 Å². The van der Waals surface area contributed by atoms with Crippen molar-refractivity contribution in [2.24, 2.45) is 5.92 Å². The molecule has 3 nitrogen and oxygen atoms in total. The summed E-state index contributed by atoms with van der Waals surface area (Å²) in [5.41, 5.74) is 2.29. The summed E-state index contributed by atoms with van der Waals surface area (Å²) in [6.45, 7) is 10.2. The lowest BCUT2D eigenvalue weighted by Gasteiger charge is -2.31. The highest BCUT2D eigenvalue weighted by Gasteiger charge is 2.27. The minimum Gasteiger partial charge on any atom is -0.376 e. The normalized spacial score (nSPS) is 14.5. The number of ether oxygens (including phenoxy) is 1. The molecule has 2 aromatic rings. The van der Waals surface area contributed by atoms with Gasteiger partial charge < -0.3 is 10.1 Å². The number of fused-ring (bicyclic) bond motifs is 1. The molecule has 0 saturated carbocycles. The highest BCUT2D eigenvalue weighted by Crippen LogP contribution is 2.29. The third kappa shape index (κ3) is 3.60. The van der Waals surface area contributed by atoms with Crippen LogP contribution in [0.25, 0.3) is 10.9 Å². The van der Waals surface area contributed by atoms with E-state index in [-0.39, 0.29) is 12.1 Å². The molecule has 1 aromatic carbocycles. The van der Waals surface area contributed by atoms with Gasteiger partial charge in [0.1, 0.15) is 0 Å². The minimum absolute atomic E-state index is 0.141. The number of hydrogen-bond donors (Lipinski definition) is 1. The Labute approximate surface area is 127 Å². The van der Waals surface area contributed by atoms with Crippen LogP contribution in [-0.2, 0) is 4.74 Å². The molecule has 0 radical (unpaired) electrons. The Balaban J connectivity index is 2.48. The van der Waals surface area contributed by atoms with Gasteiger partial charge in [-0.2, -0.15) is 0 Å². The van der Waals surface area contributed by atoms with Crippen LogP contribution in [0.4, 0.5) is 0 Å². The second-order valence-electron chi connectivity index (χ2n) is 5.62. The van der Waals surface area contributed by atoms with Gasteiger partial charge in [0.15, 0.2) is 0 Å². The maximum atomic E-state index is 6.03. The molecule has 21 heavy (non-hydrogen) atoms. The summed E-state index contributed by atoms with van der Waals surface area (Å²) in [6, 6.07) is 10.6. The van der Waals surface area contributed by atoms with Crippen LogP contribution in [0, 0.1) is 5.92 Å². The lowest BCUT2D eigenvalue weighted by molar-refractivity contribution is 0.00347. The second kappa shape index (κ2) is 7.53. The number of nitrogens with one attached hydrogen (secondary N) is 1. The van der Waals surface area contributed by atoms with Crippen molar-refractivity contribution in [3.05, 3.63) is 42.1 Å². The van der Waals surface area contributed by atoms with E-state index in [0.717, 1.165) is 18.7 Å². The second-order valence-corrected chi connectivity index (χ2v) is 5.62. The van der Waals surface area contributed by atoms with Gasteiger partial charge >= 0.3 is 0 Å². The van der Waals surface area contributed by atoms with Crippen LogP contribution in [0.3, 0.4) is 0 Å². The molecule has 0 amide bonds. The number of aromatic nitrogens is 1. The van der Waals surface area contributed by atoms with E-state index in [9.17, 15) is 0 Å². The molecule has 0 bridgehead atoms. The van der Waals surface area contributed by atoms with Crippen molar-refractivity contribution < 1.29 is 4.74 Å². The van der Waals surface area contributed by atoms with Gasteiger partial charge in [0.25, 0.3) is 0 Å². The Bertz CT molecular complexity index is 563. The number of hydrogen-bond acceptors (Lipinski definition) is 3. The molecule has 0 aliphatic heterocycles. The lowest BCUT2D eigenvalue weighted by Crippen LogP contribution is -2.37. The first kappa shape index (κ1) is 15.9. The van der Waals surface area contributed by atoms with Crippen LogP contribution < -0.4 is 5.32 Å². The van der Waals surface area contributed by atoms with E-state index in [1.807, 2.05) is 12.3 Å². The molecular weight excluding hydrogens is 260 g/mol. The first-order chi connectivity index (χ1) is 10.2. The van der Waals surface area contributed by atoms with Crippen molar-refractivity contribution in [1.82, 2.24) is 10.3 Å². The molecule has 114 valence electrons. The van der Waals surface area contributed by atoms with E-state index in [4.69, 9.17) is 4.74 Å². The molecule has 0 aliphatic rings. The quantitative estimate of drug-likeness (QED) is 0.837. The summed E-state index contributed by atoms with van der Waals surface area (Å²) in [5.74, 6) is 0.438. The Morgan fingerprint density at radius 1 is 1.14 bits per heavy atom. The van der Waals surface area contributed by atoms with Crippen molar-refractivity contribution >= 4 is 10.9 Å². The van der Waals surface area contributed by atoms with Gasteiger partial charge in [0.05, 0.1) is 17.7 Å². The summed E-state index contributed by atoms with van der Waals surface area (Å²) in [7, 11) is 0. The zero-order valence-corrected chi connectivity index (χ0v) is 13.5. The molecule has 3 heteroatoms. The molecular formula is C18H26N2O. The van der Waals surface area contributed by atoms with Crippen LogP contribution in [0.1, 0.15) is 39.3 Å². The first-order valence-electron chi connectivity index (χ1n) is 7.87. The first-order valence-corrected chi connectivity index (χ1v) is 7.87. The van der Waals surface area contributed by atoms with Gasteiger partial charge in [-0.25, -0.2) is 0 Å². The zero-order chi connectivity index (χ0) is 15.2. The average Bonchev–Trinajstić information content (AvgIpc) is 2.50. The molecule has 0 fully saturated rings. The van der Waals surface area contributed by atoms with Crippen molar-refractivity contribution in [2.45, 2.75) is 39.8 Å². The fourth-order valence-corrected chi connectivity index (χ4v) is 2.87. The van der Waals surface area contributed by atoms with Crippen LogP contribution in [0.5, 0.6) is 0 Å². The molecule has 2 rings (SSSR count). The Kier molecular flexibility index (Phi) is 5.71. The molecule has 1 heterocycles. The number of benzene rings is 1. The van der Waals surface area contributed by atoms with Crippen molar-refractivity contribution in [1.29, 1.82) is 0 Å². The standard InChI is InChI=1S/C18H26N2O/c1-5-19-17(18(13(3)4)21-6-2)15-11-7-9-14-10-8-12-20-16(14)15/h7-13,17-19H,5-6H2,1-4H3. The van der Waals surface area contributed by atoms with E-state index in [0.29, 0.717) is 5.92 Å². The van der Waals surface area contributed by atoms with Crippen LogP contribution >= 0.6 is 0 Å². The summed E-state index contributed by atoms with van der Waals surface area (Å²) >= 11 is 0. The van der Waals surface area contributed by atoms with E-state index < -0.39 is 0 Å². The monoisotopic (exact) mass is 286 g/mol. The largest absolute Gasteiger partial charge is 0.376 e. The maximum Gasteiger partial charge on any atom is 0.0793 e. The highest BCUT2D eigenvalue weighted by molar-refractivity contribution is 5.82. The van der Waals surface area contributed by atoms with Gasteiger partial charge in [-0.1, -0.05) is 45.0 Å². The number of likely N-dealkylation sites (N-methyl/N-ethyl adjacent to an activating group) is 1. The smallest absolute Gasteiger partial charge is 0.0793 e. The Morgan fingerprint density at radius 3 is 2.57 bits per heavy atom. The zero-order valence-electron chi connectivity index (χ0n) is 13.5. The third-order valence-electron chi connectivity index (χ3n) is 3.77. The maximum absolute atomic E-state index is 6.03. The lowest BCUT2D eigenvalue weighted by atomic mass is 9.91. The fourth-order valence-electron chi connectivity index (χ4n) is 2.87. The van der Waals surface area contributed by atoms with Crippen LogP contribution in [0.2, 0.25) is 0 Å². The van der Waals surface area contributed by atoms with Gasteiger partial charge in [0, 0.05) is 18.2 Å². The Hall–Kier alpha value is -1.45. The van der Waals surface area contributed by atoms with Crippen molar-refractivity contribution in [2.75, 3.05) is 13.2 Å². The molecule has 0 saturated heterocycles. The highest BCUT2D eigenvalue weighted by atomic mass is 16.5. The van der Waals surface area contributed by atoms with Crippen LogP contribution in [0.15, 0.2) is 36.5 Å². The number of para-hydroxylation sites is 1. The SMILES string of the molecule is CCNC(c1cccc2cccnc12)C(OCC)C(C)C. The van der Waals surface area contributed by atoms with E-state index in [1.54, 1.807) is 0 Å². The predicted molar refractivity (Wildman–Crippen MR) is 88.4 cm³/mol. The summed E-state index contributed by atoms with van der Waals surface area (Å²) in [6.07, 6.45) is 2.00. The fraction of sp³-hybridized carbons (Fsp3) is 0.500. The van der Waals surface area contributed by atoms with Gasteiger partial charge in [-0.05, 0) is 31.0 Å². The number of nitrogens with zero attached hydrogens (tertiary/aromatic N) is 1. The predicted octanol–water partition coefficient (Wildman–Crippen LogP) is 3.95. The molecule has 1 N–H and O–H groups in total. The van der Waals surface area contributed by atoms with Crippen molar-refractivity contribution in [3.63, 3.8) is 0 Å². The summed E-state index contributed by atoms with van der Waals surface area (Å²) in [5, 5.41) is 4.77. The molecule has 0 aliphatic carbocycles. The summed E-state index contributed by atoms with van der Waals surface area (Å²) < 4.78 is 6.03. The average molecular weight is 286 g/mol. The van der Waals surface area contributed by atoms with Gasteiger partial charge in [0.2, 0.25) is 0 Å². The van der Waals surface area contributed by atoms with E-state index in [1.165, 1.54) is 10.9 Å². The molecule has 2 atom stereocenters. The van der Waals surface area contributed by atoms with E-state index >= 15 is 0 Å². The molecule has 2 unspecified atom stereocenters. The molecule has 0 spiro atoms. The number of rotatable bonds is 7. The summed E-state index contributed by atoms with van der Waals surface area (Å²) in [4.78, 5) is 4.59. The molecule has 1 aromatic heterocycles. The van der Waals surface area contributed by atoms with Crippen molar-refractivity contribution in [3.8, 4) is 0 Å². The van der Waals surface area contributed by atoms with E-state index in [2.05, 4.69) is 62.3 Å². The third-order valence-corrected chi connectivity index (χ3v) is 3.77. The minimum atomic E-state index is 0.141. The van der Waals surface area contributed by atoms with Gasteiger partial charge in [-0.3, -0.25) is 4.98 Å². The Morgan fingerprint density at radius 2 is 1.90 bits per heavy atom. The number of pyridine rings is 1. The van der Waals surface area contributed by atoms with Gasteiger partial charge in [-0.15, -0.1) is 0 Å².